The number of amides is 1. The van der Waals surface area contributed by atoms with Crippen molar-refractivity contribution in [3.8, 4) is 33.0 Å². The summed E-state index contributed by atoms with van der Waals surface area (Å²) in [6.45, 7) is 2.11. The molecule has 1 amide bonds. The van der Waals surface area contributed by atoms with E-state index in [4.69, 9.17) is 0 Å². The Labute approximate surface area is 226 Å². The van der Waals surface area contributed by atoms with Gasteiger partial charge in [0.05, 0.1) is 17.6 Å². The van der Waals surface area contributed by atoms with Gasteiger partial charge in [-0.3, -0.25) is 14.9 Å². The standard InChI is InChI=1S/C30H21N7OS/c1-17-7-8-26(39-17)22-9-10-32-28-23(22)13-25(35-28)27-24-12-20(15-33-29(24)37-36-27)19-11-21(16-31-14-19)34-30(38)18-5-3-2-4-6-18/h2-16H,1H3,(H,32,35)(H,34,38)(H,33,36,37). The van der Waals surface area contributed by atoms with Gasteiger partial charge in [-0.25, -0.2) is 9.97 Å². The molecule has 6 heterocycles. The van der Waals surface area contributed by atoms with Crippen LogP contribution in [0.5, 0.6) is 0 Å². The van der Waals surface area contributed by atoms with Crippen molar-refractivity contribution in [2.75, 3.05) is 5.32 Å². The van der Waals surface area contributed by atoms with E-state index in [9.17, 15) is 4.79 Å². The van der Waals surface area contributed by atoms with Gasteiger partial charge in [-0.1, -0.05) is 18.2 Å². The van der Waals surface area contributed by atoms with E-state index >= 15 is 0 Å². The summed E-state index contributed by atoms with van der Waals surface area (Å²) in [4.78, 5) is 32.0. The lowest BCUT2D eigenvalue weighted by atomic mass is 10.1. The van der Waals surface area contributed by atoms with Gasteiger partial charge in [-0.15, -0.1) is 11.3 Å². The van der Waals surface area contributed by atoms with Crippen molar-refractivity contribution in [3.63, 3.8) is 0 Å². The van der Waals surface area contributed by atoms with E-state index < -0.39 is 0 Å². The lowest BCUT2D eigenvalue weighted by Gasteiger charge is -2.07. The van der Waals surface area contributed by atoms with Gasteiger partial charge in [0.2, 0.25) is 0 Å². The maximum atomic E-state index is 12.6. The highest BCUT2D eigenvalue weighted by molar-refractivity contribution is 7.15. The molecule has 7 aromatic rings. The number of aromatic amines is 2. The summed E-state index contributed by atoms with van der Waals surface area (Å²) < 4.78 is 0. The van der Waals surface area contributed by atoms with Crippen LogP contribution in [-0.4, -0.2) is 36.0 Å². The van der Waals surface area contributed by atoms with Crippen molar-refractivity contribution in [2.24, 2.45) is 0 Å². The van der Waals surface area contributed by atoms with E-state index in [2.05, 4.69) is 60.6 Å². The number of anilines is 1. The average molecular weight is 528 g/mol. The Morgan fingerprint density at radius 3 is 2.59 bits per heavy atom. The first kappa shape index (κ1) is 23.0. The number of nitrogens with one attached hydrogen (secondary N) is 3. The molecular weight excluding hydrogens is 506 g/mol. The SMILES string of the molecule is Cc1ccc(-c2ccnc3[nH]c(-c4n[nH]c5ncc(-c6cncc(NC(=O)c7ccccc7)c6)cc45)cc23)s1. The van der Waals surface area contributed by atoms with Crippen LogP contribution in [0.4, 0.5) is 5.69 Å². The molecule has 0 aliphatic heterocycles. The number of benzene rings is 1. The third kappa shape index (κ3) is 4.24. The average Bonchev–Trinajstić information content (AvgIpc) is 3.71. The predicted molar refractivity (Wildman–Crippen MR) is 155 cm³/mol. The molecular formula is C30H21N7OS. The summed E-state index contributed by atoms with van der Waals surface area (Å²) in [5.41, 5.74) is 7.10. The molecule has 8 nitrogen and oxygen atoms in total. The molecule has 0 radical (unpaired) electrons. The Bertz CT molecular complexity index is 1990. The van der Waals surface area contributed by atoms with Gasteiger partial charge in [0, 0.05) is 61.4 Å². The third-order valence-electron chi connectivity index (χ3n) is 6.57. The third-order valence-corrected chi connectivity index (χ3v) is 7.61. The van der Waals surface area contributed by atoms with E-state index in [1.807, 2.05) is 42.6 Å². The van der Waals surface area contributed by atoms with Crippen LogP contribution in [-0.2, 0) is 0 Å². The quantitative estimate of drug-likeness (QED) is 0.227. The Hall–Kier alpha value is -5.15. The van der Waals surface area contributed by atoms with E-state index in [0.29, 0.717) is 16.9 Å². The van der Waals surface area contributed by atoms with Crippen molar-refractivity contribution in [1.29, 1.82) is 0 Å². The second-order valence-electron chi connectivity index (χ2n) is 9.19. The minimum atomic E-state index is -0.190. The molecule has 0 aliphatic carbocycles. The number of thiophene rings is 1. The van der Waals surface area contributed by atoms with E-state index in [0.717, 1.165) is 44.5 Å². The molecule has 0 saturated carbocycles. The van der Waals surface area contributed by atoms with E-state index in [-0.39, 0.29) is 5.91 Å². The molecule has 7 rings (SSSR count). The maximum absolute atomic E-state index is 12.6. The summed E-state index contributed by atoms with van der Waals surface area (Å²) in [6, 6.07) is 21.4. The fourth-order valence-electron chi connectivity index (χ4n) is 4.67. The van der Waals surface area contributed by atoms with Crippen molar-refractivity contribution in [3.05, 3.63) is 102 Å². The second-order valence-corrected chi connectivity index (χ2v) is 10.5. The molecule has 0 unspecified atom stereocenters. The second kappa shape index (κ2) is 9.30. The van der Waals surface area contributed by atoms with Gasteiger partial charge in [0.15, 0.2) is 5.65 Å². The van der Waals surface area contributed by atoms with Crippen LogP contribution in [0.25, 0.3) is 55.0 Å². The molecule has 3 N–H and O–H groups in total. The fraction of sp³-hybridized carbons (Fsp3) is 0.0333. The lowest BCUT2D eigenvalue weighted by Crippen LogP contribution is -2.11. The molecule has 0 atom stereocenters. The van der Waals surface area contributed by atoms with Crippen LogP contribution in [0.15, 0.2) is 91.5 Å². The number of nitrogens with zero attached hydrogens (tertiary/aromatic N) is 4. The Morgan fingerprint density at radius 2 is 1.74 bits per heavy atom. The zero-order valence-electron chi connectivity index (χ0n) is 20.8. The van der Waals surface area contributed by atoms with E-state index in [1.165, 1.54) is 9.75 Å². The number of carbonyl (C=O) groups excluding carboxylic acids is 1. The van der Waals surface area contributed by atoms with Crippen LogP contribution >= 0.6 is 11.3 Å². The summed E-state index contributed by atoms with van der Waals surface area (Å²) >= 11 is 1.76. The minimum absolute atomic E-state index is 0.190. The molecule has 188 valence electrons. The highest BCUT2D eigenvalue weighted by Gasteiger charge is 2.16. The number of pyridine rings is 3. The number of aromatic nitrogens is 6. The number of rotatable bonds is 5. The smallest absolute Gasteiger partial charge is 0.255 e. The monoisotopic (exact) mass is 527 g/mol. The van der Waals surface area contributed by atoms with Crippen molar-refractivity contribution in [2.45, 2.75) is 6.92 Å². The maximum Gasteiger partial charge on any atom is 0.255 e. The molecule has 0 fully saturated rings. The molecule has 9 heteroatoms. The van der Waals surface area contributed by atoms with Gasteiger partial charge in [-0.2, -0.15) is 5.10 Å². The number of hydrogen-bond donors (Lipinski definition) is 3. The summed E-state index contributed by atoms with van der Waals surface area (Å²) in [5.74, 6) is -0.190. The molecule has 0 aliphatic rings. The zero-order valence-corrected chi connectivity index (χ0v) is 21.6. The summed E-state index contributed by atoms with van der Waals surface area (Å²) in [7, 11) is 0. The zero-order chi connectivity index (χ0) is 26.3. The Kier molecular flexibility index (Phi) is 5.49. The van der Waals surface area contributed by atoms with Gasteiger partial charge in [0.1, 0.15) is 11.3 Å². The molecule has 0 bridgehead atoms. The van der Waals surface area contributed by atoms with E-state index in [1.54, 1.807) is 42.1 Å². The van der Waals surface area contributed by atoms with Crippen molar-refractivity contribution < 1.29 is 4.79 Å². The predicted octanol–water partition coefficient (Wildman–Crippen LogP) is 6.85. The summed E-state index contributed by atoms with van der Waals surface area (Å²) in [6.07, 6.45) is 6.98. The molecule has 0 saturated heterocycles. The molecule has 1 aromatic carbocycles. The van der Waals surface area contributed by atoms with Crippen LogP contribution in [0.3, 0.4) is 0 Å². The lowest BCUT2D eigenvalue weighted by molar-refractivity contribution is 0.102. The topological polar surface area (TPSA) is 112 Å². The van der Waals surface area contributed by atoms with Crippen molar-refractivity contribution >= 4 is 45.0 Å². The number of fused-ring (bicyclic) bond motifs is 2. The first-order chi connectivity index (χ1) is 19.1. The van der Waals surface area contributed by atoms with Crippen LogP contribution in [0.1, 0.15) is 15.2 Å². The molecule has 0 spiro atoms. The first-order valence-electron chi connectivity index (χ1n) is 12.3. The molecule has 6 aromatic heterocycles. The van der Waals surface area contributed by atoms with Gasteiger partial charge >= 0.3 is 0 Å². The highest BCUT2D eigenvalue weighted by atomic mass is 32.1. The fourth-order valence-corrected chi connectivity index (χ4v) is 5.58. The van der Waals surface area contributed by atoms with Crippen LogP contribution in [0.2, 0.25) is 0 Å². The van der Waals surface area contributed by atoms with Gasteiger partial charge in [0.25, 0.3) is 5.91 Å². The number of H-pyrrole nitrogens is 2. The Balaban J connectivity index is 1.25. The van der Waals surface area contributed by atoms with Gasteiger partial charge in [-0.05, 0) is 55.5 Å². The van der Waals surface area contributed by atoms with Gasteiger partial charge < -0.3 is 10.3 Å². The number of hydrogen-bond acceptors (Lipinski definition) is 6. The highest BCUT2D eigenvalue weighted by Crippen LogP contribution is 2.36. The minimum Gasteiger partial charge on any atom is -0.338 e. The summed E-state index contributed by atoms with van der Waals surface area (Å²) in [5, 5.41) is 12.4. The normalized spacial score (nSPS) is 11.3. The largest absolute Gasteiger partial charge is 0.338 e. The number of carbonyl (C=O) groups is 1. The van der Waals surface area contributed by atoms with Crippen molar-refractivity contribution in [1.82, 2.24) is 30.1 Å². The van der Waals surface area contributed by atoms with Crippen LogP contribution < -0.4 is 5.32 Å². The van der Waals surface area contributed by atoms with Crippen LogP contribution in [0, 0.1) is 6.92 Å². The molecule has 39 heavy (non-hydrogen) atoms. The Morgan fingerprint density at radius 1 is 0.872 bits per heavy atom. The first-order valence-corrected chi connectivity index (χ1v) is 13.1. The number of aryl methyl sites for hydroxylation is 1.